The van der Waals surface area contributed by atoms with Crippen LogP contribution in [0.15, 0.2) is 48.5 Å². The van der Waals surface area contributed by atoms with E-state index in [0.29, 0.717) is 17.0 Å². The predicted octanol–water partition coefficient (Wildman–Crippen LogP) is 8.20. The van der Waals surface area contributed by atoms with Crippen LogP contribution in [0.2, 0.25) is 23.2 Å². The number of amides is 1. The van der Waals surface area contributed by atoms with Crippen molar-refractivity contribution in [1.29, 1.82) is 0 Å². The largest absolute Gasteiger partial charge is 0.465 e. The van der Waals surface area contributed by atoms with E-state index in [1.165, 1.54) is 7.11 Å². The highest BCUT2D eigenvalue weighted by Gasteiger charge is 2.47. The molecular weight excluding hydrogens is 530 g/mol. The van der Waals surface area contributed by atoms with Gasteiger partial charge < -0.3 is 13.9 Å². The summed E-state index contributed by atoms with van der Waals surface area (Å²) in [6.07, 6.45) is 1.59. The maximum absolute atomic E-state index is 13.8. The number of ether oxygens (including phenoxy) is 2. The summed E-state index contributed by atoms with van der Waals surface area (Å²) in [6, 6.07) is 14.9. The number of methoxy groups -OCH3 is 1. The zero-order valence-corrected chi connectivity index (χ0v) is 26.6. The zero-order valence-electron chi connectivity index (χ0n) is 24.8. The highest BCUT2D eigenvalue weighted by atomic mass is 35.5. The average molecular weight is 574 g/mol. The molecule has 0 radical (unpaired) electrons. The molecule has 1 aliphatic heterocycles. The molecule has 3 rings (SSSR count). The molecule has 0 N–H and O–H groups in total. The molecule has 0 aliphatic carbocycles. The molecule has 0 saturated carbocycles. The molecule has 214 valence electrons. The highest BCUT2D eigenvalue weighted by Crippen LogP contribution is 2.44. The van der Waals surface area contributed by atoms with E-state index in [2.05, 4.69) is 33.9 Å². The number of rotatable bonds is 7. The van der Waals surface area contributed by atoms with Gasteiger partial charge in [-0.15, -0.1) is 0 Å². The van der Waals surface area contributed by atoms with Crippen molar-refractivity contribution in [3.63, 3.8) is 0 Å². The van der Waals surface area contributed by atoms with Crippen molar-refractivity contribution in [1.82, 2.24) is 4.90 Å². The number of nitrogens with zero attached hydrogens (tertiary/aromatic N) is 1. The normalized spacial score (nSPS) is 19.1. The lowest BCUT2D eigenvalue weighted by molar-refractivity contribution is -0.00239. The van der Waals surface area contributed by atoms with E-state index in [0.717, 1.165) is 24.0 Å². The summed E-state index contributed by atoms with van der Waals surface area (Å²) in [5.74, 6) is -0.369. The quantitative estimate of drug-likeness (QED) is 0.247. The molecule has 3 unspecified atom stereocenters. The van der Waals surface area contributed by atoms with Gasteiger partial charge in [0, 0.05) is 11.1 Å². The van der Waals surface area contributed by atoms with Crippen molar-refractivity contribution in [3.05, 3.63) is 70.2 Å². The van der Waals surface area contributed by atoms with Gasteiger partial charge in [-0.2, -0.15) is 0 Å². The minimum atomic E-state index is -2.22. The second-order valence-electron chi connectivity index (χ2n) is 12.9. The van der Waals surface area contributed by atoms with Crippen molar-refractivity contribution >= 4 is 32.0 Å². The Labute approximate surface area is 240 Å². The molecule has 2 aromatic rings. The van der Waals surface area contributed by atoms with Crippen molar-refractivity contribution in [2.24, 2.45) is 0 Å². The summed E-state index contributed by atoms with van der Waals surface area (Å²) >= 11 is 6.24. The Kier molecular flexibility index (Phi) is 9.62. The van der Waals surface area contributed by atoms with Crippen molar-refractivity contribution in [2.75, 3.05) is 7.11 Å². The van der Waals surface area contributed by atoms with Crippen LogP contribution in [-0.2, 0) is 20.3 Å². The number of carbonyl (C=O) groups is 2. The van der Waals surface area contributed by atoms with Crippen LogP contribution in [0.3, 0.4) is 0 Å². The van der Waals surface area contributed by atoms with Crippen LogP contribution >= 0.6 is 11.6 Å². The summed E-state index contributed by atoms with van der Waals surface area (Å²) in [5.41, 5.74) is 1.91. The molecule has 1 amide bonds. The van der Waals surface area contributed by atoms with Gasteiger partial charge in [-0.3, -0.25) is 4.90 Å². The molecule has 0 spiro atoms. The third kappa shape index (κ3) is 7.86. The van der Waals surface area contributed by atoms with Gasteiger partial charge >= 0.3 is 12.1 Å². The van der Waals surface area contributed by atoms with E-state index in [4.69, 9.17) is 25.5 Å². The number of halogens is 1. The maximum atomic E-state index is 13.8. The number of hydrogen-bond acceptors (Lipinski definition) is 5. The van der Waals surface area contributed by atoms with Crippen LogP contribution in [0.5, 0.6) is 0 Å². The van der Waals surface area contributed by atoms with Crippen LogP contribution < -0.4 is 0 Å². The van der Waals surface area contributed by atoms with Gasteiger partial charge in [-0.1, -0.05) is 56.6 Å². The van der Waals surface area contributed by atoms with Crippen LogP contribution in [0.4, 0.5) is 4.79 Å². The molecule has 6 nitrogen and oxygen atoms in total. The Morgan fingerprint density at radius 1 is 0.974 bits per heavy atom. The molecule has 0 aromatic heterocycles. The molecule has 1 heterocycles. The topological polar surface area (TPSA) is 65.1 Å². The van der Waals surface area contributed by atoms with Crippen LogP contribution in [-0.4, -0.2) is 50.1 Å². The molecule has 2 aromatic carbocycles. The Hall–Kier alpha value is -2.35. The lowest BCUT2D eigenvalue weighted by atomic mass is 10.0. The van der Waals surface area contributed by atoms with E-state index >= 15 is 0 Å². The van der Waals surface area contributed by atoms with Gasteiger partial charge in [0.05, 0.1) is 24.8 Å². The van der Waals surface area contributed by atoms with Gasteiger partial charge in [-0.25, -0.2) is 9.59 Å². The van der Waals surface area contributed by atoms with Crippen molar-refractivity contribution < 1.29 is 23.5 Å². The summed E-state index contributed by atoms with van der Waals surface area (Å²) in [6.45, 7) is 16.8. The predicted molar refractivity (Wildman–Crippen MR) is 159 cm³/mol. The van der Waals surface area contributed by atoms with E-state index < -0.39 is 13.9 Å². The molecule has 39 heavy (non-hydrogen) atoms. The van der Waals surface area contributed by atoms with Crippen molar-refractivity contribution in [2.45, 2.75) is 103 Å². The van der Waals surface area contributed by atoms with E-state index in [1.807, 2.05) is 62.1 Å². The van der Waals surface area contributed by atoms with Crippen molar-refractivity contribution in [3.8, 4) is 0 Å². The monoisotopic (exact) mass is 573 g/mol. The fourth-order valence-corrected chi connectivity index (χ4v) is 6.10. The van der Waals surface area contributed by atoms with Crippen LogP contribution in [0.25, 0.3) is 0 Å². The summed E-state index contributed by atoms with van der Waals surface area (Å²) in [7, 11) is -0.844. The van der Waals surface area contributed by atoms with E-state index in [9.17, 15) is 9.59 Å². The van der Waals surface area contributed by atoms with Crippen LogP contribution in [0, 0.1) is 0 Å². The smallest absolute Gasteiger partial charge is 0.410 e. The molecule has 1 fully saturated rings. The standard InChI is InChI=1S/C31H44ClNO5Si/c1-30(2,3)37-29(35)33-25(20-21-10-12-23(13-11-21)28(34)36-7)18-19-26(33)27(22-14-16-24(32)17-15-22)38-39(8,9)31(4,5)6/h10-17,25-27H,18-20H2,1-9H3. The molecule has 8 heteroatoms. The lowest BCUT2D eigenvalue weighted by Crippen LogP contribution is -2.50. The second kappa shape index (κ2) is 12.0. The first-order chi connectivity index (χ1) is 18.0. The SMILES string of the molecule is COC(=O)c1ccc(CC2CCC(C(O[Si](C)(C)C(C)(C)C)c3ccc(Cl)cc3)N2C(=O)OC(C)(C)C)cc1. The number of likely N-dealkylation sites (tertiary alicyclic amines) is 1. The minimum Gasteiger partial charge on any atom is -0.465 e. The lowest BCUT2D eigenvalue weighted by Gasteiger charge is -2.43. The Morgan fingerprint density at radius 2 is 1.56 bits per heavy atom. The molecular formula is C31H44ClNO5Si. The third-order valence-corrected chi connectivity index (χ3v) is 12.5. The Morgan fingerprint density at radius 3 is 2.08 bits per heavy atom. The highest BCUT2D eigenvalue weighted by molar-refractivity contribution is 6.74. The number of carbonyl (C=O) groups excluding carboxylic acids is 2. The molecule has 0 bridgehead atoms. The molecule has 1 saturated heterocycles. The molecule has 1 aliphatic rings. The average Bonchev–Trinajstić information content (AvgIpc) is 3.24. The Balaban J connectivity index is 2.00. The number of esters is 1. The minimum absolute atomic E-state index is 0.00614. The number of hydrogen-bond donors (Lipinski definition) is 0. The fourth-order valence-electron chi connectivity index (χ4n) is 4.69. The Bertz CT molecular complexity index is 1140. The first kappa shape index (κ1) is 31.2. The second-order valence-corrected chi connectivity index (χ2v) is 18.1. The van der Waals surface area contributed by atoms with E-state index in [-0.39, 0.29) is 35.3 Å². The van der Waals surface area contributed by atoms with Gasteiger partial charge in [0.1, 0.15) is 5.60 Å². The maximum Gasteiger partial charge on any atom is 0.410 e. The van der Waals surface area contributed by atoms with Crippen LogP contribution in [0.1, 0.15) is 82.0 Å². The number of benzene rings is 2. The summed E-state index contributed by atoms with van der Waals surface area (Å²) in [5, 5.41) is 0.655. The fraction of sp³-hybridized carbons (Fsp3) is 0.548. The van der Waals surface area contributed by atoms with E-state index in [1.54, 1.807) is 12.1 Å². The van der Waals surface area contributed by atoms with Gasteiger partial charge in [-0.05, 0) is 93.6 Å². The van der Waals surface area contributed by atoms with Gasteiger partial charge in [0.25, 0.3) is 0 Å². The summed E-state index contributed by atoms with van der Waals surface area (Å²) in [4.78, 5) is 27.6. The molecule has 3 atom stereocenters. The van der Waals surface area contributed by atoms with Gasteiger partial charge in [0.2, 0.25) is 0 Å². The first-order valence-electron chi connectivity index (χ1n) is 13.6. The van der Waals surface area contributed by atoms with Gasteiger partial charge in [0.15, 0.2) is 8.32 Å². The first-order valence-corrected chi connectivity index (χ1v) is 16.9. The summed E-state index contributed by atoms with van der Waals surface area (Å²) < 4.78 is 17.8. The third-order valence-electron chi connectivity index (χ3n) is 7.77. The zero-order chi connectivity index (χ0) is 29.2.